The third-order valence-corrected chi connectivity index (χ3v) is 5.16. The molecule has 3 rings (SSSR count). The molecule has 1 aliphatic rings. The number of nitrogens with one attached hydrogen (secondary N) is 1. The molecule has 0 aromatic carbocycles. The van der Waals surface area contributed by atoms with Gasteiger partial charge in [0.05, 0.1) is 0 Å². The summed E-state index contributed by atoms with van der Waals surface area (Å²) in [4.78, 5) is 23.5. The van der Waals surface area contributed by atoms with Crippen LogP contribution in [-0.4, -0.2) is 27.3 Å². The Kier molecular flexibility index (Phi) is 6.22. The lowest BCUT2D eigenvalue weighted by Crippen LogP contribution is -2.30. The van der Waals surface area contributed by atoms with E-state index in [4.69, 9.17) is 0 Å². The topological polar surface area (TPSA) is 58.1 Å². The van der Waals surface area contributed by atoms with Crippen molar-refractivity contribution in [2.45, 2.75) is 59.0 Å². The van der Waals surface area contributed by atoms with Crippen LogP contribution in [0.15, 0.2) is 43.0 Å². The number of carbonyl (C=O) groups excluding carboxylic acids is 1. The first-order valence-electron chi connectivity index (χ1n) is 9.83. The van der Waals surface area contributed by atoms with Crippen molar-refractivity contribution in [2.75, 3.05) is 11.9 Å². The van der Waals surface area contributed by atoms with E-state index in [2.05, 4.69) is 32.3 Å². The van der Waals surface area contributed by atoms with Crippen LogP contribution in [0.2, 0.25) is 0 Å². The monoisotopic (exact) mass is 366 g/mol. The Morgan fingerprint density at radius 3 is 2.59 bits per heavy atom. The fourth-order valence-electron chi connectivity index (χ4n) is 3.52. The number of pyridine rings is 2. The van der Waals surface area contributed by atoms with Crippen molar-refractivity contribution in [1.82, 2.24) is 14.9 Å². The van der Waals surface area contributed by atoms with E-state index in [0.29, 0.717) is 6.04 Å². The summed E-state index contributed by atoms with van der Waals surface area (Å²) in [5, 5.41) is 3.09. The summed E-state index contributed by atoms with van der Waals surface area (Å²) in [6, 6.07) is 6.52. The molecule has 0 saturated carbocycles. The third kappa shape index (κ3) is 5.13. The molecule has 1 fully saturated rings. The van der Waals surface area contributed by atoms with Gasteiger partial charge in [-0.25, -0.2) is 0 Å². The van der Waals surface area contributed by atoms with E-state index in [1.807, 2.05) is 45.4 Å². The minimum absolute atomic E-state index is 0.0245. The van der Waals surface area contributed by atoms with Gasteiger partial charge < -0.3 is 5.32 Å². The van der Waals surface area contributed by atoms with Crippen molar-refractivity contribution in [3.05, 3.63) is 54.1 Å². The zero-order valence-electron chi connectivity index (χ0n) is 16.6. The number of rotatable bonds is 4. The van der Waals surface area contributed by atoms with Crippen LogP contribution in [0.5, 0.6) is 0 Å². The lowest BCUT2D eigenvalue weighted by atomic mass is 9.95. The first kappa shape index (κ1) is 19.5. The van der Waals surface area contributed by atoms with Crippen molar-refractivity contribution >= 4 is 11.6 Å². The Morgan fingerprint density at radius 1 is 1.11 bits per heavy atom. The summed E-state index contributed by atoms with van der Waals surface area (Å²) in [6.07, 6.45) is 12.2. The average molecular weight is 367 g/mol. The second kappa shape index (κ2) is 8.61. The minimum atomic E-state index is -0.428. The molecule has 5 nitrogen and oxygen atoms in total. The van der Waals surface area contributed by atoms with Gasteiger partial charge in [0.1, 0.15) is 0 Å². The minimum Gasteiger partial charge on any atom is -0.325 e. The zero-order chi connectivity index (χ0) is 19.3. The summed E-state index contributed by atoms with van der Waals surface area (Å²) in [6.45, 7) is 7.61. The smallest absolute Gasteiger partial charge is 0.229 e. The van der Waals surface area contributed by atoms with E-state index in [1.165, 1.54) is 24.8 Å². The van der Waals surface area contributed by atoms with Crippen LogP contribution in [0.25, 0.3) is 0 Å². The van der Waals surface area contributed by atoms with Crippen molar-refractivity contribution < 1.29 is 4.79 Å². The molecule has 144 valence electrons. The summed E-state index contributed by atoms with van der Waals surface area (Å²) in [5.74, 6) is 0.0245. The maximum Gasteiger partial charge on any atom is 0.229 e. The van der Waals surface area contributed by atoms with E-state index in [1.54, 1.807) is 6.20 Å². The number of hydrogen-bond acceptors (Lipinski definition) is 4. The fraction of sp³-hybridized carbons (Fsp3) is 0.500. The largest absolute Gasteiger partial charge is 0.325 e. The van der Waals surface area contributed by atoms with Crippen molar-refractivity contribution in [3.63, 3.8) is 0 Å². The molecule has 1 aliphatic heterocycles. The van der Waals surface area contributed by atoms with Crippen molar-refractivity contribution in [3.8, 4) is 0 Å². The normalized spacial score (nSPS) is 18.7. The Bertz CT molecular complexity index is 754. The van der Waals surface area contributed by atoms with Gasteiger partial charge in [-0.15, -0.1) is 0 Å². The van der Waals surface area contributed by atoms with Gasteiger partial charge in [0.2, 0.25) is 5.91 Å². The van der Waals surface area contributed by atoms with Crippen LogP contribution >= 0.6 is 0 Å². The summed E-state index contributed by atoms with van der Waals surface area (Å²) < 4.78 is 0. The molecule has 1 amide bonds. The predicted octanol–water partition coefficient (Wildman–Crippen LogP) is 4.58. The van der Waals surface area contributed by atoms with E-state index >= 15 is 0 Å². The molecule has 0 spiro atoms. The van der Waals surface area contributed by atoms with Gasteiger partial charge in [-0.2, -0.15) is 0 Å². The summed E-state index contributed by atoms with van der Waals surface area (Å²) in [5.41, 5.74) is 2.82. The molecule has 1 N–H and O–H groups in total. The number of aromatic nitrogens is 2. The van der Waals surface area contributed by atoms with Crippen molar-refractivity contribution in [2.24, 2.45) is 5.41 Å². The SMILES string of the molecule is CC(C)(C)C(=O)Nc1ccncc1CN1CCCCCC1c1ccncc1. The molecule has 0 radical (unpaired) electrons. The molecule has 5 heteroatoms. The Hall–Kier alpha value is -2.27. The lowest BCUT2D eigenvalue weighted by Gasteiger charge is -2.31. The van der Waals surface area contributed by atoms with E-state index in [-0.39, 0.29) is 5.91 Å². The molecule has 1 saturated heterocycles. The van der Waals surface area contributed by atoms with Crippen LogP contribution in [0.4, 0.5) is 5.69 Å². The maximum absolute atomic E-state index is 12.5. The van der Waals surface area contributed by atoms with Gasteiger partial charge in [-0.05, 0) is 43.1 Å². The van der Waals surface area contributed by atoms with Gasteiger partial charge in [0, 0.05) is 54.0 Å². The van der Waals surface area contributed by atoms with Crippen LogP contribution in [0.3, 0.4) is 0 Å². The fourth-order valence-corrected chi connectivity index (χ4v) is 3.52. The molecule has 27 heavy (non-hydrogen) atoms. The quantitative estimate of drug-likeness (QED) is 0.860. The molecular weight excluding hydrogens is 336 g/mol. The summed E-state index contributed by atoms with van der Waals surface area (Å²) in [7, 11) is 0. The van der Waals surface area contributed by atoms with Crippen LogP contribution in [-0.2, 0) is 11.3 Å². The predicted molar refractivity (Wildman–Crippen MR) is 108 cm³/mol. The van der Waals surface area contributed by atoms with Crippen LogP contribution in [0.1, 0.15) is 63.6 Å². The second-order valence-corrected chi connectivity index (χ2v) is 8.35. The highest BCUT2D eigenvalue weighted by molar-refractivity contribution is 5.95. The molecule has 2 aromatic rings. The molecule has 3 heterocycles. The van der Waals surface area contributed by atoms with Crippen LogP contribution in [0, 0.1) is 5.41 Å². The van der Waals surface area contributed by atoms with E-state index in [9.17, 15) is 4.79 Å². The maximum atomic E-state index is 12.5. The van der Waals surface area contributed by atoms with Crippen molar-refractivity contribution in [1.29, 1.82) is 0 Å². The van der Waals surface area contributed by atoms with E-state index < -0.39 is 5.41 Å². The average Bonchev–Trinajstić information content (AvgIpc) is 2.89. The van der Waals surface area contributed by atoms with Gasteiger partial charge >= 0.3 is 0 Å². The highest BCUT2D eigenvalue weighted by atomic mass is 16.2. The first-order chi connectivity index (χ1) is 12.9. The Balaban J connectivity index is 1.83. The highest BCUT2D eigenvalue weighted by Gasteiger charge is 2.25. The first-order valence-corrected chi connectivity index (χ1v) is 9.83. The number of anilines is 1. The number of amides is 1. The number of hydrogen-bond donors (Lipinski definition) is 1. The Labute approximate surface area is 162 Å². The van der Waals surface area contributed by atoms with E-state index in [0.717, 1.165) is 30.8 Å². The number of likely N-dealkylation sites (tertiary alicyclic amines) is 1. The zero-order valence-corrected chi connectivity index (χ0v) is 16.6. The van der Waals surface area contributed by atoms with Gasteiger partial charge in [0.25, 0.3) is 0 Å². The molecule has 1 atom stereocenters. The highest BCUT2D eigenvalue weighted by Crippen LogP contribution is 2.32. The Morgan fingerprint density at radius 2 is 1.85 bits per heavy atom. The second-order valence-electron chi connectivity index (χ2n) is 8.35. The van der Waals surface area contributed by atoms with Gasteiger partial charge in [-0.1, -0.05) is 33.6 Å². The number of carbonyl (C=O) groups is 1. The molecule has 2 aromatic heterocycles. The molecule has 1 unspecified atom stereocenters. The molecule has 0 bridgehead atoms. The standard InChI is InChI=1S/C22H30N4O/c1-22(2,3)21(27)25-19-10-13-24-15-18(19)16-26-14-6-4-5-7-20(26)17-8-11-23-12-9-17/h8-13,15,20H,4-7,14,16H2,1-3H3,(H,24,25,27). The molecule has 0 aliphatic carbocycles. The van der Waals surface area contributed by atoms with Gasteiger partial charge in [-0.3, -0.25) is 19.7 Å². The lowest BCUT2D eigenvalue weighted by molar-refractivity contribution is -0.123. The van der Waals surface area contributed by atoms with Crippen LogP contribution < -0.4 is 5.32 Å². The molecular formula is C22H30N4O. The van der Waals surface area contributed by atoms with Gasteiger partial charge in [0.15, 0.2) is 0 Å². The number of nitrogens with zero attached hydrogens (tertiary/aromatic N) is 3. The summed E-state index contributed by atoms with van der Waals surface area (Å²) >= 11 is 0. The third-order valence-electron chi connectivity index (χ3n) is 5.16.